The van der Waals surface area contributed by atoms with Crippen molar-refractivity contribution in [1.82, 2.24) is 0 Å². The van der Waals surface area contributed by atoms with E-state index in [-0.39, 0.29) is 5.56 Å². The molecule has 0 saturated carbocycles. The van der Waals surface area contributed by atoms with Crippen molar-refractivity contribution in [1.29, 1.82) is 0 Å². The summed E-state index contributed by atoms with van der Waals surface area (Å²) < 4.78 is 5.41. The zero-order valence-corrected chi connectivity index (χ0v) is 10.8. The van der Waals surface area contributed by atoms with Gasteiger partial charge in [0, 0.05) is 18.8 Å². The van der Waals surface area contributed by atoms with Crippen LogP contribution >= 0.6 is 0 Å². The molecule has 0 aliphatic carbocycles. The predicted molar refractivity (Wildman–Crippen MR) is 72.0 cm³/mol. The Bertz CT molecular complexity index is 405. The molecule has 0 spiro atoms. The van der Waals surface area contributed by atoms with Gasteiger partial charge in [-0.1, -0.05) is 13.8 Å². The lowest BCUT2D eigenvalue weighted by Gasteiger charge is -2.11. The molecule has 18 heavy (non-hydrogen) atoms. The van der Waals surface area contributed by atoms with Crippen LogP contribution in [-0.4, -0.2) is 30.8 Å². The van der Waals surface area contributed by atoms with E-state index in [1.165, 1.54) is 6.07 Å². The van der Waals surface area contributed by atoms with E-state index in [1.54, 1.807) is 12.1 Å². The van der Waals surface area contributed by atoms with E-state index in [1.807, 2.05) is 0 Å². The van der Waals surface area contributed by atoms with Crippen molar-refractivity contribution in [3.63, 3.8) is 0 Å². The number of carbonyl (C=O) groups is 1. The van der Waals surface area contributed by atoms with E-state index < -0.39 is 5.97 Å². The highest BCUT2D eigenvalue weighted by Crippen LogP contribution is 2.18. The van der Waals surface area contributed by atoms with Gasteiger partial charge in [-0.25, -0.2) is 4.79 Å². The minimum absolute atomic E-state index is 0.216. The maximum atomic E-state index is 11.0. The fourth-order valence-electron chi connectivity index (χ4n) is 1.47. The van der Waals surface area contributed by atoms with Crippen LogP contribution in [-0.2, 0) is 4.74 Å². The number of nitrogens with one attached hydrogen (secondary N) is 1. The van der Waals surface area contributed by atoms with Crippen LogP contribution in [0.3, 0.4) is 0 Å². The average molecular weight is 252 g/mol. The molecule has 0 amide bonds. The van der Waals surface area contributed by atoms with Crippen LogP contribution in [0.2, 0.25) is 0 Å². The Morgan fingerprint density at radius 3 is 2.83 bits per heavy atom. The maximum Gasteiger partial charge on any atom is 0.337 e. The summed E-state index contributed by atoms with van der Waals surface area (Å²) in [7, 11) is 0. The van der Waals surface area contributed by atoms with Crippen molar-refractivity contribution in [3.05, 3.63) is 23.8 Å². The summed E-state index contributed by atoms with van der Waals surface area (Å²) in [6, 6.07) is 4.69. The van der Waals surface area contributed by atoms with Gasteiger partial charge in [0.25, 0.3) is 0 Å². The Balaban J connectivity index is 2.50. The maximum absolute atomic E-state index is 11.0. The fourth-order valence-corrected chi connectivity index (χ4v) is 1.47. The normalized spacial score (nSPS) is 10.6. The Morgan fingerprint density at radius 1 is 1.50 bits per heavy atom. The van der Waals surface area contributed by atoms with E-state index in [0.29, 0.717) is 37.1 Å². The molecule has 0 bridgehead atoms. The van der Waals surface area contributed by atoms with E-state index in [9.17, 15) is 4.79 Å². The third kappa shape index (κ3) is 4.63. The molecule has 4 N–H and O–H groups in total. The Labute approximate surface area is 107 Å². The second-order valence-electron chi connectivity index (χ2n) is 4.51. The third-order valence-electron chi connectivity index (χ3n) is 2.29. The summed E-state index contributed by atoms with van der Waals surface area (Å²) >= 11 is 0. The van der Waals surface area contributed by atoms with Gasteiger partial charge in [0.05, 0.1) is 17.9 Å². The fraction of sp³-hybridized carbons (Fsp3) is 0.462. The van der Waals surface area contributed by atoms with Crippen LogP contribution in [0.25, 0.3) is 0 Å². The summed E-state index contributed by atoms with van der Waals surface area (Å²) in [5, 5.41) is 12.0. The van der Waals surface area contributed by atoms with Crippen molar-refractivity contribution in [2.24, 2.45) is 5.92 Å². The van der Waals surface area contributed by atoms with Gasteiger partial charge in [0.15, 0.2) is 0 Å². The number of ether oxygens (including phenoxy) is 1. The van der Waals surface area contributed by atoms with Gasteiger partial charge in [-0.3, -0.25) is 0 Å². The summed E-state index contributed by atoms with van der Waals surface area (Å²) in [6.07, 6.45) is 0. The number of nitrogens with two attached hydrogens (primary N) is 1. The summed E-state index contributed by atoms with van der Waals surface area (Å²) in [6.45, 7) is 5.94. The first-order valence-electron chi connectivity index (χ1n) is 5.95. The molecule has 1 aromatic carbocycles. The molecule has 1 rings (SSSR count). The second kappa shape index (κ2) is 6.86. The topological polar surface area (TPSA) is 84.6 Å². The monoisotopic (exact) mass is 252 g/mol. The van der Waals surface area contributed by atoms with Crippen molar-refractivity contribution >= 4 is 17.3 Å². The number of carboxylic acid groups (broad SMARTS) is 1. The lowest BCUT2D eigenvalue weighted by atomic mass is 10.1. The molecule has 0 fully saturated rings. The smallest absolute Gasteiger partial charge is 0.337 e. The standard InChI is InChI=1S/C13H20N2O3/c1-9(2)8-18-6-5-15-12-7-10(14)3-4-11(12)13(16)17/h3-4,7,9,15H,5-6,8,14H2,1-2H3,(H,16,17). The highest BCUT2D eigenvalue weighted by Gasteiger charge is 2.09. The lowest BCUT2D eigenvalue weighted by molar-refractivity contribution is 0.0698. The average Bonchev–Trinajstić information content (AvgIpc) is 2.27. The number of anilines is 2. The zero-order valence-electron chi connectivity index (χ0n) is 10.8. The Kier molecular flexibility index (Phi) is 5.45. The van der Waals surface area contributed by atoms with Gasteiger partial charge in [-0.05, 0) is 24.1 Å². The highest BCUT2D eigenvalue weighted by atomic mass is 16.5. The van der Waals surface area contributed by atoms with Crippen LogP contribution in [0.15, 0.2) is 18.2 Å². The number of benzene rings is 1. The van der Waals surface area contributed by atoms with Gasteiger partial charge >= 0.3 is 5.97 Å². The van der Waals surface area contributed by atoms with Crippen LogP contribution < -0.4 is 11.1 Å². The van der Waals surface area contributed by atoms with Crippen LogP contribution in [0.5, 0.6) is 0 Å². The molecule has 5 heteroatoms. The quantitative estimate of drug-likeness (QED) is 0.511. The van der Waals surface area contributed by atoms with Crippen molar-refractivity contribution in [3.8, 4) is 0 Å². The first kappa shape index (κ1) is 14.3. The molecule has 0 saturated heterocycles. The largest absolute Gasteiger partial charge is 0.478 e. The molecular weight excluding hydrogens is 232 g/mol. The minimum Gasteiger partial charge on any atom is -0.478 e. The molecule has 0 aliphatic rings. The number of carboxylic acids is 1. The molecule has 5 nitrogen and oxygen atoms in total. The minimum atomic E-state index is -0.972. The van der Waals surface area contributed by atoms with Crippen LogP contribution in [0.4, 0.5) is 11.4 Å². The van der Waals surface area contributed by atoms with Gasteiger partial charge in [-0.2, -0.15) is 0 Å². The van der Waals surface area contributed by atoms with Gasteiger partial charge in [0.2, 0.25) is 0 Å². The summed E-state index contributed by atoms with van der Waals surface area (Å²) in [5.74, 6) is -0.479. The number of nitrogen functional groups attached to an aromatic ring is 1. The van der Waals surface area contributed by atoms with Crippen molar-refractivity contribution in [2.45, 2.75) is 13.8 Å². The number of aromatic carboxylic acids is 1. The summed E-state index contributed by atoms with van der Waals surface area (Å²) in [5.41, 5.74) is 6.91. The van der Waals surface area contributed by atoms with Gasteiger partial charge < -0.3 is 20.9 Å². The highest BCUT2D eigenvalue weighted by molar-refractivity contribution is 5.95. The SMILES string of the molecule is CC(C)COCCNc1cc(N)ccc1C(=O)O. The lowest BCUT2D eigenvalue weighted by Crippen LogP contribution is -2.14. The Hall–Kier alpha value is -1.75. The van der Waals surface area contributed by atoms with Gasteiger partial charge in [-0.15, -0.1) is 0 Å². The van der Waals surface area contributed by atoms with Crippen molar-refractivity contribution in [2.75, 3.05) is 30.8 Å². The molecule has 1 aromatic rings. The summed E-state index contributed by atoms with van der Waals surface area (Å²) in [4.78, 5) is 11.0. The van der Waals surface area contributed by atoms with Crippen LogP contribution in [0.1, 0.15) is 24.2 Å². The van der Waals surface area contributed by atoms with Crippen molar-refractivity contribution < 1.29 is 14.6 Å². The first-order valence-corrected chi connectivity index (χ1v) is 5.95. The predicted octanol–water partition coefficient (Wildman–Crippen LogP) is 2.05. The number of hydrogen-bond acceptors (Lipinski definition) is 4. The van der Waals surface area contributed by atoms with Crippen LogP contribution in [0, 0.1) is 5.92 Å². The van der Waals surface area contributed by atoms with E-state index >= 15 is 0 Å². The van der Waals surface area contributed by atoms with E-state index in [4.69, 9.17) is 15.6 Å². The number of hydrogen-bond donors (Lipinski definition) is 3. The second-order valence-corrected chi connectivity index (χ2v) is 4.51. The molecule has 0 aromatic heterocycles. The number of rotatable bonds is 7. The molecule has 0 heterocycles. The molecule has 100 valence electrons. The molecule has 0 radical (unpaired) electrons. The first-order chi connectivity index (χ1) is 8.50. The van der Waals surface area contributed by atoms with Gasteiger partial charge in [0.1, 0.15) is 0 Å². The molecular formula is C13H20N2O3. The van der Waals surface area contributed by atoms with E-state index in [0.717, 1.165) is 0 Å². The third-order valence-corrected chi connectivity index (χ3v) is 2.29. The molecule has 0 unspecified atom stereocenters. The zero-order chi connectivity index (χ0) is 13.5. The van der Waals surface area contributed by atoms with E-state index in [2.05, 4.69) is 19.2 Å². The molecule has 0 atom stereocenters. The Morgan fingerprint density at radius 2 is 2.22 bits per heavy atom. The molecule has 0 aliphatic heterocycles.